The molecule has 0 aliphatic rings. The van der Waals surface area contributed by atoms with E-state index in [9.17, 15) is 14.0 Å². The van der Waals surface area contributed by atoms with Gasteiger partial charge in [0.25, 0.3) is 5.91 Å². The third-order valence-electron chi connectivity index (χ3n) is 2.93. The predicted molar refractivity (Wildman–Crippen MR) is 90.6 cm³/mol. The average Bonchev–Trinajstić information content (AvgIpc) is 2.53. The molecule has 2 rings (SSSR count). The minimum Gasteiger partial charge on any atom is -0.482 e. The number of esters is 1. The third kappa shape index (κ3) is 5.06. The highest BCUT2D eigenvalue weighted by molar-refractivity contribution is 9.10. The van der Waals surface area contributed by atoms with Crippen LogP contribution in [0.4, 0.5) is 10.1 Å². The van der Waals surface area contributed by atoms with Gasteiger partial charge in [-0.3, -0.25) is 4.79 Å². The van der Waals surface area contributed by atoms with Crippen LogP contribution in [0.1, 0.15) is 17.3 Å². The normalized spacial score (nSPS) is 10.1. The zero-order valence-corrected chi connectivity index (χ0v) is 14.4. The summed E-state index contributed by atoms with van der Waals surface area (Å²) in [6, 6.07) is 10.4. The highest BCUT2D eigenvalue weighted by atomic mass is 79.9. The second kappa shape index (κ2) is 8.44. The van der Waals surface area contributed by atoms with Crippen molar-refractivity contribution in [2.24, 2.45) is 0 Å². The molecule has 0 aromatic heterocycles. The van der Waals surface area contributed by atoms with Crippen molar-refractivity contribution in [1.29, 1.82) is 0 Å². The molecule has 0 radical (unpaired) electrons. The fraction of sp³-hybridized carbons (Fsp3) is 0.176. The number of rotatable bonds is 6. The van der Waals surface area contributed by atoms with E-state index in [1.165, 1.54) is 18.2 Å². The maximum atomic E-state index is 13.1. The molecule has 1 N–H and O–H groups in total. The molecule has 0 fully saturated rings. The Hall–Kier alpha value is -2.41. The molecule has 2 aromatic carbocycles. The molecule has 24 heavy (non-hydrogen) atoms. The molecule has 7 heteroatoms. The van der Waals surface area contributed by atoms with Gasteiger partial charge < -0.3 is 14.8 Å². The predicted octanol–water partition coefficient (Wildman–Crippen LogP) is 3.78. The Morgan fingerprint density at radius 3 is 2.71 bits per heavy atom. The minimum atomic E-state index is -0.470. The number of ether oxygens (including phenoxy) is 2. The fourth-order valence-corrected chi connectivity index (χ4v) is 2.41. The van der Waals surface area contributed by atoms with Crippen molar-refractivity contribution in [3.63, 3.8) is 0 Å². The highest BCUT2D eigenvalue weighted by Crippen LogP contribution is 2.21. The molecule has 0 unspecified atom stereocenters. The molecule has 0 bridgehead atoms. The van der Waals surface area contributed by atoms with Gasteiger partial charge in [-0.1, -0.05) is 6.07 Å². The minimum absolute atomic E-state index is 0.214. The quantitative estimate of drug-likeness (QED) is 0.755. The molecule has 0 atom stereocenters. The Labute approximate surface area is 146 Å². The lowest BCUT2D eigenvalue weighted by Gasteiger charge is -2.10. The lowest BCUT2D eigenvalue weighted by atomic mass is 10.2. The van der Waals surface area contributed by atoms with Gasteiger partial charge in [0, 0.05) is 16.2 Å². The van der Waals surface area contributed by atoms with E-state index < -0.39 is 17.7 Å². The molecule has 126 valence electrons. The van der Waals surface area contributed by atoms with Crippen molar-refractivity contribution < 1.29 is 23.5 Å². The number of halogens is 2. The van der Waals surface area contributed by atoms with Crippen molar-refractivity contribution in [2.45, 2.75) is 6.92 Å². The summed E-state index contributed by atoms with van der Waals surface area (Å²) in [7, 11) is 0. The van der Waals surface area contributed by atoms with Gasteiger partial charge in [-0.15, -0.1) is 0 Å². The van der Waals surface area contributed by atoms with Gasteiger partial charge in [-0.05, 0) is 53.2 Å². The summed E-state index contributed by atoms with van der Waals surface area (Å²) >= 11 is 3.15. The molecule has 0 saturated carbocycles. The average molecular weight is 396 g/mol. The Morgan fingerprint density at radius 2 is 2.00 bits per heavy atom. The van der Waals surface area contributed by atoms with E-state index >= 15 is 0 Å². The van der Waals surface area contributed by atoms with Crippen LogP contribution in [0.2, 0.25) is 0 Å². The van der Waals surface area contributed by atoms with Crippen molar-refractivity contribution in [1.82, 2.24) is 0 Å². The van der Waals surface area contributed by atoms with Gasteiger partial charge in [-0.25, -0.2) is 9.18 Å². The van der Waals surface area contributed by atoms with E-state index in [0.717, 1.165) is 0 Å². The van der Waals surface area contributed by atoms with E-state index in [4.69, 9.17) is 9.47 Å². The molecule has 0 saturated heterocycles. The summed E-state index contributed by atoms with van der Waals surface area (Å²) in [5.41, 5.74) is 0.784. The van der Waals surface area contributed by atoms with E-state index in [1.807, 2.05) is 0 Å². The number of carbonyl (C=O) groups excluding carboxylic acids is 2. The van der Waals surface area contributed by atoms with Crippen LogP contribution in [0, 0.1) is 5.82 Å². The van der Waals surface area contributed by atoms with E-state index in [1.54, 1.807) is 31.2 Å². The molecular weight excluding hydrogens is 381 g/mol. The van der Waals surface area contributed by atoms with E-state index in [-0.39, 0.29) is 13.2 Å². The third-order valence-corrected chi connectivity index (χ3v) is 3.59. The molecule has 0 aliphatic carbocycles. The SMILES string of the molecule is CCOC(=O)COc1cccc(NC(=O)c2ccc(F)cc2Br)c1. The van der Waals surface area contributed by atoms with Crippen molar-refractivity contribution in [3.8, 4) is 5.75 Å². The molecular formula is C17H15BrFNO4. The number of anilines is 1. The van der Waals surface area contributed by atoms with Gasteiger partial charge >= 0.3 is 5.97 Å². The number of carbonyl (C=O) groups is 2. The molecule has 1 amide bonds. The number of nitrogens with one attached hydrogen (secondary N) is 1. The van der Waals surface area contributed by atoms with Crippen molar-refractivity contribution in [3.05, 3.63) is 58.3 Å². The topological polar surface area (TPSA) is 64.6 Å². The summed E-state index contributed by atoms with van der Waals surface area (Å²) in [6.07, 6.45) is 0. The standard InChI is InChI=1S/C17H15BrFNO4/c1-2-23-16(21)10-24-13-5-3-4-12(9-13)20-17(22)14-7-6-11(19)8-15(14)18/h3-9H,2,10H2,1H3,(H,20,22). The van der Waals surface area contributed by atoms with Crippen LogP contribution < -0.4 is 10.1 Å². The molecule has 2 aromatic rings. The summed E-state index contributed by atoms with van der Waals surface area (Å²) in [4.78, 5) is 23.5. The Kier molecular flexibility index (Phi) is 6.31. The smallest absolute Gasteiger partial charge is 0.344 e. The van der Waals surface area contributed by atoms with Crippen LogP contribution in [-0.4, -0.2) is 25.1 Å². The summed E-state index contributed by atoms with van der Waals surface area (Å²) in [5.74, 6) is -0.890. The van der Waals surface area contributed by atoms with Crippen LogP contribution in [0.5, 0.6) is 5.75 Å². The highest BCUT2D eigenvalue weighted by Gasteiger charge is 2.11. The van der Waals surface area contributed by atoms with Gasteiger partial charge in [0.2, 0.25) is 0 Å². The zero-order chi connectivity index (χ0) is 17.5. The van der Waals surface area contributed by atoms with Crippen LogP contribution in [0.3, 0.4) is 0 Å². The monoisotopic (exact) mass is 395 g/mol. The molecule has 0 aliphatic heterocycles. The maximum Gasteiger partial charge on any atom is 0.344 e. The number of amides is 1. The fourth-order valence-electron chi connectivity index (χ4n) is 1.88. The summed E-state index contributed by atoms with van der Waals surface area (Å²) < 4.78 is 23.5. The van der Waals surface area contributed by atoms with E-state index in [0.29, 0.717) is 21.5 Å². The first-order valence-corrected chi connectivity index (χ1v) is 7.93. The first-order chi connectivity index (χ1) is 11.5. The van der Waals surface area contributed by atoms with Crippen molar-refractivity contribution in [2.75, 3.05) is 18.5 Å². The number of hydrogen-bond donors (Lipinski definition) is 1. The largest absolute Gasteiger partial charge is 0.482 e. The zero-order valence-electron chi connectivity index (χ0n) is 12.8. The Morgan fingerprint density at radius 1 is 1.21 bits per heavy atom. The molecule has 0 heterocycles. The Balaban J connectivity index is 2.03. The van der Waals surface area contributed by atoms with Crippen LogP contribution in [-0.2, 0) is 9.53 Å². The van der Waals surface area contributed by atoms with Crippen molar-refractivity contribution >= 4 is 33.5 Å². The molecule has 0 spiro atoms. The molecule has 5 nitrogen and oxygen atoms in total. The second-order valence-electron chi connectivity index (χ2n) is 4.70. The first-order valence-electron chi connectivity index (χ1n) is 7.14. The lowest BCUT2D eigenvalue weighted by Crippen LogP contribution is -2.15. The number of benzene rings is 2. The van der Waals surface area contributed by atoms with Gasteiger partial charge in [0.05, 0.1) is 12.2 Å². The van der Waals surface area contributed by atoms with Gasteiger partial charge in [0.1, 0.15) is 11.6 Å². The van der Waals surface area contributed by atoms with Gasteiger partial charge in [0.15, 0.2) is 6.61 Å². The maximum absolute atomic E-state index is 13.1. The summed E-state index contributed by atoms with van der Waals surface area (Å²) in [6.45, 7) is 1.78. The van der Waals surface area contributed by atoms with E-state index in [2.05, 4.69) is 21.2 Å². The lowest BCUT2D eigenvalue weighted by molar-refractivity contribution is -0.145. The summed E-state index contributed by atoms with van der Waals surface area (Å²) in [5, 5.41) is 2.68. The second-order valence-corrected chi connectivity index (χ2v) is 5.55. The Bertz CT molecular complexity index is 751. The van der Waals surface area contributed by atoms with Crippen LogP contribution in [0.25, 0.3) is 0 Å². The van der Waals surface area contributed by atoms with Gasteiger partial charge in [-0.2, -0.15) is 0 Å². The van der Waals surface area contributed by atoms with Crippen LogP contribution in [0.15, 0.2) is 46.9 Å². The number of hydrogen-bond acceptors (Lipinski definition) is 4. The van der Waals surface area contributed by atoms with Crippen LogP contribution >= 0.6 is 15.9 Å². The first kappa shape index (κ1) is 17.9.